The fraction of sp³-hybridized carbons (Fsp3) is 0.208. The van der Waals surface area contributed by atoms with Gasteiger partial charge in [0.15, 0.2) is 0 Å². The number of rotatable bonds is 4. The molecule has 5 rings (SSSR count). The molecule has 1 fully saturated rings. The van der Waals surface area contributed by atoms with Gasteiger partial charge in [-0.05, 0) is 71.8 Å². The Morgan fingerprint density at radius 3 is 2.43 bits per heavy atom. The number of fused-ring (bicyclic) bond motifs is 3. The van der Waals surface area contributed by atoms with Gasteiger partial charge < -0.3 is 5.32 Å². The summed E-state index contributed by atoms with van der Waals surface area (Å²) < 4.78 is 27.1. The molecule has 3 aromatic rings. The predicted molar refractivity (Wildman–Crippen MR) is 117 cm³/mol. The van der Waals surface area contributed by atoms with Gasteiger partial charge in [-0.1, -0.05) is 36.4 Å². The number of carbonyl (C=O) groups excluding carboxylic acids is 1. The number of sulfonamides is 1. The van der Waals surface area contributed by atoms with Crippen LogP contribution in [0.3, 0.4) is 0 Å². The number of amides is 1. The molecule has 1 N–H and O–H groups in total. The summed E-state index contributed by atoms with van der Waals surface area (Å²) >= 11 is 0. The minimum atomic E-state index is -3.56. The number of benzene rings is 3. The molecule has 30 heavy (non-hydrogen) atoms. The maximum atomic E-state index is 12.8. The van der Waals surface area contributed by atoms with E-state index in [1.165, 1.54) is 27.1 Å². The van der Waals surface area contributed by atoms with Crippen molar-refractivity contribution in [3.63, 3.8) is 0 Å². The van der Waals surface area contributed by atoms with E-state index in [4.69, 9.17) is 0 Å². The van der Waals surface area contributed by atoms with Crippen LogP contribution in [-0.4, -0.2) is 31.7 Å². The van der Waals surface area contributed by atoms with Crippen molar-refractivity contribution in [2.24, 2.45) is 0 Å². The Morgan fingerprint density at radius 2 is 1.60 bits per heavy atom. The molecular weight excluding hydrogens is 396 g/mol. The van der Waals surface area contributed by atoms with Crippen molar-refractivity contribution in [3.8, 4) is 11.1 Å². The number of nitrogens with zero attached hydrogens (tertiary/aromatic N) is 1. The topological polar surface area (TPSA) is 66.5 Å². The zero-order chi connectivity index (χ0) is 20.7. The molecule has 0 unspecified atom stereocenters. The molecule has 5 nitrogen and oxygen atoms in total. The minimum Gasteiger partial charge on any atom is -0.322 e. The SMILES string of the molecule is O=C(Nc1ccc2c(c1)-c1ccccc1C2)c1cccc(S(=O)(=O)N2CCCC2)c1. The average molecular weight is 419 g/mol. The normalized spacial score (nSPS) is 15.6. The summed E-state index contributed by atoms with van der Waals surface area (Å²) in [6.07, 6.45) is 2.65. The first kappa shape index (κ1) is 19.0. The first-order valence-corrected chi connectivity index (χ1v) is 11.6. The van der Waals surface area contributed by atoms with E-state index in [0.29, 0.717) is 24.3 Å². The van der Waals surface area contributed by atoms with Crippen molar-refractivity contribution >= 4 is 21.6 Å². The molecule has 0 radical (unpaired) electrons. The summed E-state index contributed by atoms with van der Waals surface area (Å²) in [7, 11) is -3.56. The van der Waals surface area contributed by atoms with Crippen LogP contribution in [0.5, 0.6) is 0 Å². The third-order valence-corrected chi connectivity index (χ3v) is 7.75. The Balaban J connectivity index is 1.40. The van der Waals surface area contributed by atoms with E-state index in [0.717, 1.165) is 24.8 Å². The van der Waals surface area contributed by atoms with E-state index in [9.17, 15) is 13.2 Å². The van der Waals surface area contributed by atoms with Crippen LogP contribution in [0.4, 0.5) is 5.69 Å². The van der Waals surface area contributed by atoms with E-state index in [1.54, 1.807) is 18.2 Å². The second kappa shape index (κ2) is 7.38. The molecule has 3 aromatic carbocycles. The van der Waals surface area contributed by atoms with E-state index >= 15 is 0 Å². The van der Waals surface area contributed by atoms with Gasteiger partial charge in [0, 0.05) is 24.3 Å². The summed E-state index contributed by atoms with van der Waals surface area (Å²) in [6, 6.07) is 20.5. The van der Waals surface area contributed by atoms with Gasteiger partial charge in [-0.25, -0.2) is 8.42 Å². The lowest BCUT2D eigenvalue weighted by atomic mass is 10.1. The highest BCUT2D eigenvalue weighted by Gasteiger charge is 2.27. The van der Waals surface area contributed by atoms with Gasteiger partial charge in [0.05, 0.1) is 4.90 Å². The molecule has 1 heterocycles. The van der Waals surface area contributed by atoms with Crippen LogP contribution >= 0.6 is 0 Å². The van der Waals surface area contributed by atoms with Gasteiger partial charge >= 0.3 is 0 Å². The maximum Gasteiger partial charge on any atom is 0.255 e. The number of hydrogen-bond acceptors (Lipinski definition) is 3. The molecule has 1 saturated heterocycles. The molecule has 6 heteroatoms. The Kier molecular flexibility index (Phi) is 4.68. The fourth-order valence-electron chi connectivity index (χ4n) is 4.28. The molecule has 152 valence electrons. The van der Waals surface area contributed by atoms with Crippen LogP contribution in [0.1, 0.15) is 34.3 Å². The summed E-state index contributed by atoms with van der Waals surface area (Å²) in [6.45, 7) is 1.07. The quantitative estimate of drug-likeness (QED) is 0.538. The minimum absolute atomic E-state index is 0.167. The van der Waals surface area contributed by atoms with Crippen LogP contribution in [0.15, 0.2) is 71.6 Å². The maximum absolute atomic E-state index is 12.8. The summed E-state index contributed by atoms with van der Waals surface area (Å²) in [5.41, 5.74) is 5.89. The zero-order valence-electron chi connectivity index (χ0n) is 16.5. The van der Waals surface area contributed by atoms with Gasteiger partial charge in [0.25, 0.3) is 5.91 Å². The number of hydrogen-bond donors (Lipinski definition) is 1. The summed E-state index contributed by atoms with van der Waals surface area (Å²) in [4.78, 5) is 13.0. The second-order valence-corrected chi connectivity index (χ2v) is 9.74. The Morgan fingerprint density at radius 1 is 0.833 bits per heavy atom. The first-order chi connectivity index (χ1) is 14.5. The third kappa shape index (κ3) is 3.32. The standard InChI is InChI=1S/C24H22N2O3S/c27-24(19-7-5-8-21(15-19)30(28,29)26-12-3-4-13-26)25-20-11-10-18-14-17-6-1-2-9-22(17)23(18)16-20/h1-2,5-11,15-16H,3-4,12-14H2,(H,25,27). The lowest BCUT2D eigenvalue weighted by molar-refractivity contribution is 0.102. The summed E-state index contributed by atoms with van der Waals surface area (Å²) in [5, 5.41) is 2.92. The van der Waals surface area contributed by atoms with Crippen LogP contribution < -0.4 is 5.32 Å². The van der Waals surface area contributed by atoms with Crippen LogP contribution in [0, 0.1) is 0 Å². The highest BCUT2D eigenvalue weighted by atomic mass is 32.2. The Hall–Kier alpha value is -2.96. The van der Waals surface area contributed by atoms with E-state index in [-0.39, 0.29) is 10.8 Å². The van der Waals surface area contributed by atoms with Crippen molar-refractivity contribution in [3.05, 3.63) is 83.4 Å². The van der Waals surface area contributed by atoms with E-state index in [1.807, 2.05) is 30.3 Å². The number of anilines is 1. The van der Waals surface area contributed by atoms with E-state index < -0.39 is 10.0 Å². The van der Waals surface area contributed by atoms with Gasteiger partial charge in [-0.3, -0.25) is 4.79 Å². The smallest absolute Gasteiger partial charge is 0.255 e. The molecule has 0 saturated carbocycles. The van der Waals surface area contributed by atoms with Crippen LogP contribution in [-0.2, 0) is 16.4 Å². The molecule has 0 aromatic heterocycles. The fourth-order valence-corrected chi connectivity index (χ4v) is 5.84. The Labute approximate surface area is 176 Å². The van der Waals surface area contributed by atoms with Crippen LogP contribution in [0.2, 0.25) is 0 Å². The molecular formula is C24H22N2O3S. The average Bonchev–Trinajstić information content (AvgIpc) is 3.42. The largest absolute Gasteiger partial charge is 0.322 e. The van der Waals surface area contributed by atoms with Crippen molar-refractivity contribution in [1.82, 2.24) is 4.31 Å². The molecule has 1 aliphatic carbocycles. The van der Waals surface area contributed by atoms with Crippen molar-refractivity contribution in [2.45, 2.75) is 24.2 Å². The monoisotopic (exact) mass is 418 g/mol. The number of carbonyl (C=O) groups is 1. The van der Waals surface area contributed by atoms with Crippen molar-refractivity contribution in [1.29, 1.82) is 0 Å². The first-order valence-electron chi connectivity index (χ1n) is 10.2. The van der Waals surface area contributed by atoms with Gasteiger partial charge in [0.2, 0.25) is 10.0 Å². The molecule has 1 aliphatic heterocycles. The lowest BCUT2D eigenvalue weighted by Gasteiger charge is -2.16. The highest BCUT2D eigenvalue weighted by molar-refractivity contribution is 7.89. The molecule has 1 amide bonds. The number of nitrogens with one attached hydrogen (secondary N) is 1. The zero-order valence-corrected chi connectivity index (χ0v) is 17.3. The molecule has 0 atom stereocenters. The van der Waals surface area contributed by atoms with E-state index in [2.05, 4.69) is 17.4 Å². The highest BCUT2D eigenvalue weighted by Crippen LogP contribution is 2.37. The lowest BCUT2D eigenvalue weighted by Crippen LogP contribution is -2.28. The van der Waals surface area contributed by atoms with Crippen molar-refractivity contribution in [2.75, 3.05) is 18.4 Å². The molecule has 2 aliphatic rings. The Bertz CT molecular complexity index is 1240. The molecule has 0 bridgehead atoms. The predicted octanol–water partition coefficient (Wildman–Crippen LogP) is 4.29. The molecule has 0 spiro atoms. The van der Waals surface area contributed by atoms with Crippen molar-refractivity contribution < 1.29 is 13.2 Å². The summed E-state index contributed by atoms with van der Waals surface area (Å²) in [5.74, 6) is -0.320. The third-order valence-electron chi connectivity index (χ3n) is 5.86. The van der Waals surface area contributed by atoms with Crippen LogP contribution in [0.25, 0.3) is 11.1 Å². The van der Waals surface area contributed by atoms with Gasteiger partial charge in [-0.15, -0.1) is 0 Å². The van der Waals surface area contributed by atoms with Gasteiger partial charge in [0.1, 0.15) is 0 Å². The second-order valence-electron chi connectivity index (χ2n) is 7.80. The van der Waals surface area contributed by atoms with Gasteiger partial charge in [-0.2, -0.15) is 4.31 Å².